The van der Waals surface area contributed by atoms with E-state index < -0.39 is 5.78 Å². The summed E-state index contributed by atoms with van der Waals surface area (Å²) in [7, 11) is 0. The van der Waals surface area contributed by atoms with Crippen molar-refractivity contribution in [2.24, 2.45) is 0 Å². The van der Waals surface area contributed by atoms with E-state index in [0.717, 1.165) is 16.8 Å². The van der Waals surface area contributed by atoms with Crippen LogP contribution < -0.4 is 0 Å². The van der Waals surface area contributed by atoms with Gasteiger partial charge in [-0.3, -0.25) is 4.79 Å². The molecule has 26 heavy (non-hydrogen) atoms. The molecule has 2 heterocycles. The Morgan fingerprint density at radius 3 is 2.73 bits per heavy atom. The van der Waals surface area contributed by atoms with Crippen molar-refractivity contribution in [1.29, 1.82) is 5.26 Å². The summed E-state index contributed by atoms with van der Waals surface area (Å²) < 4.78 is 6.71. The number of carbonyl (C=O) groups is 1. The largest absolute Gasteiger partial charge is 0.461 e. The monoisotopic (exact) mass is 365 g/mol. The molecule has 6 heteroatoms. The number of halogens is 1. The summed E-state index contributed by atoms with van der Waals surface area (Å²) in [5, 5.41) is 14.2. The summed E-state index contributed by atoms with van der Waals surface area (Å²) in [6.07, 6.45) is 2.84. The smallest absolute Gasteiger partial charge is 0.238 e. The van der Waals surface area contributed by atoms with Gasteiger partial charge >= 0.3 is 0 Å². The Morgan fingerprint density at radius 2 is 2.08 bits per heavy atom. The normalized spacial score (nSPS) is 11.4. The fourth-order valence-corrected chi connectivity index (χ4v) is 2.94. The van der Waals surface area contributed by atoms with Crippen LogP contribution in [-0.4, -0.2) is 15.6 Å². The van der Waals surface area contributed by atoms with Gasteiger partial charge in [-0.15, -0.1) is 0 Å². The first-order valence-corrected chi connectivity index (χ1v) is 8.33. The minimum absolute atomic E-state index is 0.0644. The Labute approximate surface area is 156 Å². The third-order valence-electron chi connectivity index (χ3n) is 4.04. The van der Waals surface area contributed by atoms with Crippen LogP contribution in [0.4, 0.5) is 0 Å². The average Bonchev–Trinajstić information content (AvgIpc) is 3.24. The molecular weight excluding hydrogens is 350 g/mol. The number of allylic oxidation sites excluding steroid dienone is 1. The predicted octanol–water partition coefficient (Wildman–Crippen LogP) is 4.83. The van der Waals surface area contributed by atoms with E-state index in [1.807, 2.05) is 38.1 Å². The highest BCUT2D eigenvalue weighted by molar-refractivity contribution is 6.31. The number of furan rings is 1. The molecule has 0 unspecified atom stereocenters. The first-order valence-electron chi connectivity index (χ1n) is 7.95. The van der Waals surface area contributed by atoms with E-state index in [2.05, 4.69) is 5.10 Å². The van der Waals surface area contributed by atoms with Gasteiger partial charge in [0.05, 0.1) is 17.6 Å². The molecule has 0 N–H and O–H groups in total. The van der Waals surface area contributed by atoms with Gasteiger partial charge in [-0.1, -0.05) is 23.7 Å². The lowest BCUT2D eigenvalue weighted by Gasteiger charge is -2.08. The lowest BCUT2D eigenvalue weighted by atomic mass is 10.1. The first kappa shape index (κ1) is 17.7. The van der Waals surface area contributed by atoms with Gasteiger partial charge in [0, 0.05) is 5.56 Å². The number of carbonyl (C=O) groups excluding carboxylic acids is 1. The van der Waals surface area contributed by atoms with Crippen molar-refractivity contribution in [1.82, 2.24) is 9.78 Å². The van der Waals surface area contributed by atoms with Crippen LogP contribution in [0.15, 0.2) is 46.6 Å². The summed E-state index contributed by atoms with van der Waals surface area (Å²) in [5.41, 5.74) is 4.04. The summed E-state index contributed by atoms with van der Waals surface area (Å²) >= 11 is 6.53. The number of aromatic nitrogens is 2. The van der Waals surface area contributed by atoms with Gasteiger partial charge in [0.25, 0.3) is 0 Å². The van der Waals surface area contributed by atoms with E-state index in [0.29, 0.717) is 16.4 Å². The quantitative estimate of drug-likeness (QED) is 0.377. The Morgan fingerprint density at radius 1 is 1.31 bits per heavy atom. The van der Waals surface area contributed by atoms with Crippen LogP contribution in [0.25, 0.3) is 11.8 Å². The van der Waals surface area contributed by atoms with E-state index in [-0.39, 0.29) is 11.3 Å². The highest BCUT2D eigenvalue weighted by Crippen LogP contribution is 2.28. The molecule has 1 aromatic carbocycles. The zero-order valence-electron chi connectivity index (χ0n) is 14.6. The fraction of sp³-hybridized carbons (Fsp3) is 0.150. The van der Waals surface area contributed by atoms with Crippen molar-refractivity contribution in [3.63, 3.8) is 0 Å². The third-order valence-corrected chi connectivity index (χ3v) is 4.40. The molecule has 0 bridgehead atoms. The van der Waals surface area contributed by atoms with Gasteiger partial charge in [0.1, 0.15) is 16.8 Å². The minimum Gasteiger partial charge on any atom is -0.461 e. The average molecular weight is 366 g/mol. The second kappa shape index (κ2) is 7.03. The SMILES string of the molecule is Cc1ccc(C)c(-n2nc(C)c(/C=C(\C#N)C(=O)c3ccco3)c2Cl)c1. The molecule has 0 amide bonds. The summed E-state index contributed by atoms with van der Waals surface area (Å²) in [4.78, 5) is 12.4. The van der Waals surface area contributed by atoms with Gasteiger partial charge in [-0.05, 0) is 56.2 Å². The van der Waals surface area contributed by atoms with Crippen LogP contribution in [0.2, 0.25) is 5.15 Å². The molecule has 0 saturated carbocycles. The second-order valence-electron chi connectivity index (χ2n) is 5.97. The predicted molar refractivity (Wildman–Crippen MR) is 99.4 cm³/mol. The molecule has 0 fully saturated rings. The maximum atomic E-state index is 12.4. The number of hydrogen-bond donors (Lipinski definition) is 0. The Balaban J connectivity index is 2.10. The molecule has 3 rings (SSSR count). The van der Waals surface area contributed by atoms with Crippen LogP contribution >= 0.6 is 11.6 Å². The molecule has 0 aliphatic rings. The maximum Gasteiger partial charge on any atom is 0.238 e. The number of rotatable bonds is 4. The summed E-state index contributed by atoms with van der Waals surface area (Å²) in [6.45, 7) is 5.74. The van der Waals surface area contributed by atoms with E-state index in [1.165, 1.54) is 18.4 Å². The van der Waals surface area contributed by atoms with Crippen LogP contribution in [0.3, 0.4) is 0 Å². The third kappa shape index (κ3) is 3.19. The zero-order chi connectivity index (χ0) is 18.8. The zero-order valence-corrected chi connectivity index (χ0v) is 15.3. The molecule has 0 saturated heterocycles. The van der Waals surface area contributed by atoms with Crippen LogP contribution in [0.5, 0.6) is 0 Å². The van der Waals surface area contributed by atoms with Gasteiger partial charge in [-0.25, -0.2) is 4.68 Å². The molecule has 0 aliphatic heterocycles. The van der Waals surface area contributed by atoms with Crippen molar-refractivity contribution in [2.75, 3.05) is 0 Å². The first-order chi connectivity index (χ1) is 12.4. The van der Waals surface area contributed by atoms with E-state index in [4.69, 9.17) is 16.0 Å². The Hall–Kier alpha value is -3.10. The van der Waals surface area contributed by atoms with Crippen LogP contribution in [-0.2, 0) is 0 Å². The number of aryl methyl sites for hydroxylation is 3. The molecule has 0 aliphatic carbocycles. The van der Waals surface area contributed by atoms with Crippen molar-refractivity contribution < 1.29 is 9.21 Å². The molecular formula is C20H16ClN3O2. The second-order valence-corrected chi connectivity index (χ2v) is 6.33. The maximum absolute atomic E-state index is 12.4. The molecule has 0 radical (unpaired) electrons. The highest BCUT2D eigenvalue weighted by atomic mass is 35.5. The standard InChI is InChI=1S/C20H16ClN3O2/c1-12-6-7-13(2)17(9-12)24-20(21)16(14(3)23-24)10-15(11-22)19(25)18-5-4-8-26-18/h4-10H,1-3H3/b15-10+. The van der Waals surface area contributed by atoms with Crippen LogP contribution in [0, 0.1) is 32.1 Å². The molecule has 5 nitrogen and oxygen atoms in total. The fourth-order valence-electron chi connectivity index (χ4n) is 2.62. The number of hydrogen-bond acceptors (Lipinski definition) is 4. The van der Waals surface area contributed by atoms with Gasteiger partial charge < -0.3 is 4.42 Å². The number of Topliss-reactive ketones (excluding diaryl/α,β-unsaturated/α-hetero) is 1. The van der Waals surface area contributed by atoms with E-state index >= 15 is 0 Å². The Kier molecular flexibility index (Phi) is 4.79. The number of benzene rings is 1. The van der Waals surface area contributed by atoms with Crippen LogP contribution in [0.1, 0.15) is 32.9 Å². The lowest BCUT2D eigenvalue weighted by Crippen LogP contribution is -2.01. The molecule has 2 aromatic heterocycles. The van der Waals surface area contributed by atoms with E-state index in [9.17, 15) is 10.1 Å². The lowest BCUT2D eigenvalue weighted by molar-refractivity contribution is 0.101. The van der Waals surface area contributed by atoms with Crippen molar-refractivity contribution in [2.45, 2.75) is 20.8 Å². The topological polar surface area (TPSA) is 71.8 Å². The van der Waals surface area contributed by atoms with Crippen molar-refractivity contribution in [3.8, 4) is 11.8 Å². The van der Waals surface area contributed by atoms with Gasteiger partial charge in [-0.2, -0.15) is 10.4 Å². The highest BCUT2D eigenvalue weighted by Gasteiger charge is 2.19. The Bertz CT molecular complexity index is 1050. The minimum atomic E-state index is -0.493. The van der Waals surface area contributed by atoms with Crippen molar-refractivity contribution >= 4 is 23.5 Å². The van der Waals surface area contributed by atoms with Gasteiger partial charge in [0.15, 0.2) is 5.76 Å². The van der Waals surface area contributed by atoms with Gasteiger partial charge in [0.2, 0.25) is 5.78 Å². The number of nitriles is 1. The number of nitrogens with zero attached hydrogens (tertiary/aromatic N) is 3. The molecule has 3 aromatic rings. The molecule has 130 valence electrons. The molecule has 0 spiro atoms. The van der Waals surface area contributed by atoms with E-state index in [1.54, 1.807) is 17.7 Å². The summed E-state index contributed by atoms with van der Waals surface area (Å²) in [5.74, 6) is -0.388. The summed E-state index contributed by atoms with van der Waals surface area (Å²) in [6, 6.07) is 11.0. The van der Waals surface area contributed by atoms with Crippen molar-refractivity contribution in [3.05, 3.63) is 75.5 Å². The molecule has 0 atom stereocenters. The number of ketones is 1.